The van der Waals surface area contributed by atoms with Crippen LogP contribution in [0.5, 0.6) is 0 Å². The average Bonchev–Trinajstić information content (AvgIpc) is 2.32. The predicted octanol–water partition coefficient (Wildman–Crippen LogP) is 1.68. The molecule has 0 saturated carbocycles. The van der Waals surface area contributed by atoms with E-state index in [1.54, 1.807) is 13.2 Å². The Bertz CT molecular complexity index is 415. The molecule has 0 saturated heterocycles. The fourth-order valence-electron chi connectivity index (χ4n) is 1.55. The molecule has 1 aromatic carbocycles. The molecule has 1 rings (SSSR count). The van der Waals surface area contributed by atoms with Crippen molar-refractivity contribution in [1.82, 2.24) is 4.90 Å². The molecule has 5 heteroatoms. The number of benzene rings is 1. The van der Waals surface area contributed by atoms with Crippen molar-refractivity contribution in [2.24, 2.45) is 0 Å². The molecule has 0 spiro atoms. The molecule has 18 heavy (non-hydrogen) atoms. The second-order valence-electron chi connectivity index (χ2n) is 3.81. The molecule has 0 aromatic heterocycles. The Morgan fingerprint density at radius 3 is 2.83 bits per heavy atom. The summed E-state index contributed by atoms with van der Waals surface area (Å²) in [4.78, 5) is 13.7. The van der Waals surface area contributed by atoms with Crippen LogP contribution >= 0.6 is 0 Å². The van der Waals surface area contributed by atoms with Crippen molar-refractivity contribution in [3.05, 3.63) is 42.2 Å². The van der Waals surface area contributed by atoms with E-state index in [-0.39, 0.29) is 17.2 Å². The SMILES string of the molecule is C=CCN(CCOC)C(=O)c1cc(N)cc(F)c1. The van der Waals surface area contributed by atoms with Gasteiger partial charge in [0.1, 0.15) is 5.82 Å². The van der Waals surface area contributed by atoms with Crippen molar-refractivity contribution in [2.75, 3.05) is 32.5 Å². The molecule has 1 amide bonds. The average molecular weight is 252 g/mol. The molecule has 0 unspecified atom stereocenters. The summed E-state index contributed by atoms with van der Waals surface area (Å²) >= 11 is 0. The highest BCUT2D eigenvalue weighted by atomic mass is 19.1. The molecule has 98 valence electrons. The van der Waals surface area contributed by atoms with Crippen LogP contribution in [0, 0.1) is 5.82 Å². The zero-order chi connectivity index (χ0) is 13.5. The maximum Gasteiger partial charge on any atom is 0.254 e. The predicted molar refractivity (Wildman–Crippen MR) is 68.8 cm³/mol. The number of methoxy groups -OCH3 is 1. The molecule has 2 N–H and O–H groups in total. The summed E-state index contributed by atoms with van der Waals surface area (Å²) in [7, 11) is 1.55. The molecule has 0 fully saturated rings. The Morgan fingerprint density at radius 1 is 1.56 bits per heavy atom. The molecule has 0 heterocycles. The van der Waals surface area contributed by atoms with Crippen molar-refractivity contribution in [3.63, 3.8) is 0 Å². The van der Waals surface area contributed by atoms with Crippen molar-refractivity contribution in [3.8, 4) is 0 Å². The first-order valence-corrected chi connectivity index (χ1v) is 5.53. The molecule has 1 aromatic rings. The lowest BCUT2D eigenvalue weighted by molar-refractivity contribution is 0.0718. The fraction of sp³-hybridized carbons (Fsp3) is 0.308. The van der Waals surface area contributed by atoms with E-state index >= 15 is 0 Å². The van der Waals surface area contributed by atoms with Gasteiger partial charge in [-0.2, -0.15) is 0 Å². The maximum absolute atomic E-state index is 13.2. The normalized spacial score (nSPS) is 10.1. The summed E-state index contributed by atoms with van der Waals surface area (Å²) in [5.74, 6) is -0.818. The van der Waals surface area contributed by atoms with Gasteiger partial charge in [0.25, 0.3) is 5.91 Å². The molecular formula is C13H17FN2O2. The second kappa shape index (κ2) is 6.76. The minimum Gasteiger partial charge on any atom is -0.399 e. The first kappa shape index (κ1) is 14.2. The number of nitrogens with zero attached hydrogens (tertiary/aromatic N) is 1. The Morgan fingerprint density at radius 2 is 2.28 bits per heavy atom. The minimum absolute atomic E-state index is 0.226. The Labute approximate surface area is 106 Å². The quantitative estimate of drug-likeness (QED) is 0.619. The van der Waals surface area contributed by atoms with Gasteiger partial charge in [-0.25, -0.2) is 4.39 Å². The molecule has 0 bridgehead atoms. The van der Waals surface area contributed by atoms with Crippen LogP contribution in [-0.2, 0) is 4.74 Å². The molecular weight excluding hydrogens is 235 g/mol. The first-order chi connectivity index (χ1) is 8.58. The lowest BCUT2D eigenvalue weighted by Crippen LogP contribution is -2.34. The fourth-order valence-corrected chi connectivity index (χ4v) is 1.55. The summed E-state index contributed by atoms with van der Waals surface area (Å²) in [6.07, 6.45) is 1.61. The highest BCUT2D eigenvalue weighted by molar-refractivity contribution is 5.95. The van der Waals surface area contributed by atoms with Crippen LogP contribution < -0.4 is 5.73 Å². The number of anilines is 1. The van der Waals surface area contributed by atoms with Gasteiger partial charge in [-0.1, -0.05) is 6.08 Å². The van der Waals surface area contributed by atoms with E-state index in [1.807, 2.05) is 0 Å². The van der Waals surface area contributed by atoms with Crippen molar-refractivity contribution in [2.45, 2.75) is 0 Å². The molecule has 0 aliphatic heterocycles. The van der Waals surface area contributed by atoms with Crippen LogP contribution in [0.2, 0.25) is 0 Å². The zero-order valence-corrected chi connectivity index (χ0v) is 10.4. The van der Waals surface area contributed by atoms with Crippen LogP contribution in [0.15, 0.2) is 30.9 Å². The standard InChI is InChI=1S/C13H17FN2O2/c1-3-4-16(5-6-18-2)13(17)10-7-11(14)9-12(15)8-10/h3,7-9H,1,4-6,15H2,2H3. The number of nitrogens with two attached hydrogens (primary N) is 1. The number of carbonyl (C=O) groups is 1. The molecule has 4 nitrogen and oxygen atoms in total. The number of ether oxygens (including phenoxy) is 1. The summed E-state index contributed by atoms with van der Waals surface area (Å²) in [6.45, 7) is 4.78. The Kier molecular flexibility index (Phi) is 5.32. The van der Waals surface area contributed by atoms with E-state index in [4.69, 9.17) is 10.5 Å². The summed E-state index contributed by atoms with van der Waals surface area (Å²) in [5.41, 5.74) is 5.97. The van der Waals surface area contributed by atoms with Gasteiger partial charge in [0.2, 0.25) is 0 Å². The van der Waals surface area contributed by atoms with Crippen LogP contribution in [0.25, 0.3) is 0 Å². The second-order valence-corrected chi connectivity index (χ2v) is 3.81. The van der Waals surface area contributed by atoms with Gasteiger partial charge in [-0.05, 0) is 18.2 Å². The Balaban J connectivity index is 2.89. The monoisotopic (exact) mass is 252 g/mol. The van der Waals surface area contributed by atoms with E-state index < -0.39 is 5.82 Å². The van der Waals surface area contributed by atoms with Gasteiger partial charge in [-0.15, -0.1) is 6.58 Å². The van der Waals surface area contributed by atoms with Gasteiger partial charge in [0.05, 0.1) is 6.61 Å². The third kappa shape index (κ3) is 3.85. The minimum atomic E-state index is -0.524. The van der Waals surface area contributed by atoms with Crippen molar-refractivity contribution >= 4 is 11.6 Å². The lowest BCUT2D eigenvalue weighted by atomic mass is 10.1. The van der Waals surface area contributed by atoms with Gasteiger partial charge >= 0.3 is 0 Å². The van der Waals surface area contributed by atoms with E-state index in [1.165, 1.54) is 23.1 Å². The first-order valence-electron chi connectivity index (χ1n) is 5.53. The topological polar surface area (TPSA) is 55.6 Å². The van der Waals surface area contributed by atoms with E-state index in [9.17, 15) is 9.18 Å². The zero-order valence-electron chi connectivity index (χ0n) is 10.4. The molecule has 0 atom stereocenters. The molecule has 0 aliphatic rings. The number of amides is 1. The van der Waals surface area contributed by atoms with Crippen LogP contribution in [-0.4, -0.2) is 37.6 Å². The number of carbonyl (C=O) groups excluding carboxylic acids is 1. The number of hydrogen-bond acceptors (Lipinski definition) is 3. The van der Waals surface area contributed by atoms with Crippen molar-refractivity contribution < 1.29 is 13.9 Å². The van der Waals surface area contributed by atoms with Gasteiger partial charge in [0.15, 0.2) is 0 Å². The Hall–Kier alpha value is -1.88. The number of halogens is 1. The van der Waals surface area contributed by atoms with E-state index in [0.29, 0.717) is 19.7 Å². The van der Waals surface area contributed by atoms with E-state index in [2.05, 4.69) is 6.58 Å². The van der Waals surface area contributed by atoms with Crippen LogP contribution in [0.4, 0.5) is 10.1 Å². The van der Waals surface area contributed by atoms with Crippen molar-refractivity contribution in [1.29, 1.82) is 0 Å². The summed E-state index contributed by atoms with van der Waals surface area (Å²) < 4.78 is 18.1. The number of nitrogen functional groups attached to an aromatic ring is 1. The van der Waals surface area contributed by atoms with Gasteiger partial charge in [0, 0.05) is 31.5 Å². The molecule has 0 aliphatic carbocycles. The smallest absolute Gasteiger partial charge is 0.254 e. The van der Waals surface area contributed by atoms with Gasteiger partial charge in [-0.3, -0.25) is 4.79 Å². The third-order valence-corrected chi connectivity index (χ3v) is 2.37. The van der Waals surface area contributed by atoms with E-state index in [0.717, 1.165) is 0 Å². The van der Waals surface area contributed by atoms with Crippen LogP contribution in [0.3, 0.4) is 0 Å². The lowest BCUT2D eigenvalue weighted by Gasteiger charge is -2.20. The summed E-state index contributed by atoms with van der Waals surface area (Å²) in [6, 6.07) is 3.79. The van der Waals surface area contributed by atoms with Gasteiger partial charge < -0.3 is 15.4 Å². The third-order valence-electron chi connectivity index (χ3n) is 2.37. The maximum atomic E-state index is 13.2. The van der Waals surface area contributed by atoms with Crippen LogP contribution in [0.1, 0.15) is 10.4 Å². The highest BCUT2D eigenvalue weighted by Crippen LogP contribution is 2.13. The number of hydrogen-bond donors (Lipinski definition) is 1. The highest BCUT2D eigenvalue weighted by Gasteiger charge is 2.15. The molecule has 0 radical (unpaired) electrons. The largest absolute Gasteiger partial charge is 0.399 e. The summed E-state index contributed by atoms with van der Waals surface area (Å²) in [5, 5.41) is 0. The number of rotatable bonds is 6.